The zero-order valence-corrected chi connectivity index (χ0v) is 9.65. The van der Waals surface area contributed by atoms with Crippen molar-refractivity contribution in [2.45, 2.75) is 19.3 Å². The van der Waals surface area contributed by atoms with E-state index in [4.69, 9.17) is 5.73 Å². The second kappa shape index (κ2) is 5.70. The van der Waals surface area contributed by atoms with Crippen LogP contribution in [-0.4, -0.2) is 36.1 Å². The van der Waals surface area contributed by atoms with Crippen LogP contribution in [0.25, 0.3) is 0 Å². The molecule has 88 valence electrons. The largest absolute Gasteiger partial charge is 0.382 e. The Balaban J connectivity index is 1.66. The molecule has 1 aliphatic heterocycles. The van der Waals surface area contributed by atoms with E-state index in [1.807, 2.05) is 12.1 Å². The van der Waals surface area contributed by atoms with Crippen LogP contribution in [0.2, 0.25) is 0 Å². The van der Waals surface area contributed by atoms with Gasteiger partial charge in [0, 0.05) is 12.7 Å². The lowest BCUT2D eigenvalue weighted by Gasteiger charge is -2.14. The number of hydrogen-bond acceptors (Lipinski definition) is 4. The standard InChI is InChI=1S/C12H20N4/c13-12-11(5-3-6-15-12)14-7-4-10-16-8-1-2-9-16/h3,5-6,14H,1-2,4,7-10H2,(H2,13,15). The molecular weight excluding hydrogens is 200 g/mol. The van der Waals surface area contributed by atoms with Crippen LogP contribution < -0.4 is 11.1 Å². The van der Waals surface area contributed by atoms with E-state index in [1.165, 1.54) is 32.5 Å². The van der Waals surface area contributed by atoms with Crippen molar-refractivity contribution in [3.05, 3.63) is 18.3 Å². The first-order chi connectivity index (χ1) is 7.86. The highest BCUT2D eigenvalue weighted by molar-refractivity contribution is 5.60. The van der Waals surface area contributed by atoms with E-state index in [-0.39, 0.29) is 0 Å². The van der Waals surface area contributed by atoms with Crippen molar-refractivity contribution >= 4 is 11.5 Å². The molecule has 0 aromatic carbocycles. The van der Waals surface area contributed by atoms with E-state index < -0.39 is 0 Å². The van der Waals surface area contributed by atoms with E-state index in [1.54, 1.807) is 6.20 Å². The van der Waals surface area contributed by atoms with E-state index in [0.717, 1.165) is 18.7 Å². The summed E-state index contributed by atoms with van der Waals surface area (Å²) in [6.07, 6.45) is 5.60. The Morgan fingerprint density at radius 2 is 2.19 bits per heavy atom. The molecule has 0 unspecified atom stereocenters. The number of pyridine rings is 1. The quantitative estimate of drug-likeness (QED) is 0.739. The topological polar surface area (TPSA) is 54.2 Å². The number of aromatic nitrogens is 1. The van der Waals surface area contributed by atoms with Crippen LogP contribution in [0, 0.1) is 0 Å². The molecule has 0 atom stereocenters. The average molecular weight is 220 g/mol. The minimum Gasteiger partial charge on any atom is -0.382 e. The molecule has 4 heteroatoms. The Kier molecular flexibility index (Phi) is 3.99. The normalized spacial score (nSPS) is 16.5. The molecule has 0 saturated carbocycles. The highest BCUT2D eigenvalue weighted by Gasteiger charge is 2.10. The zero-order valence-electron chi connectivity index (χ0n) is 9.65. The first-order valence-corrected chi connectivity index (χ1v) is 6.03. The molecule has 0 bridgehead atoms. The van der Waals surface area contributed by atoms with Gasteiger partial charge in [-0.15, -0.1) is 0 Å². The van der Waals surface area contributed by atoms with Crippen molar-refractivity contribution in [1.29, 1.82) is 0 Å². The fourth-order valence-electron chi connectivity index (χ4n) is 2.10. The van der Waals surface area contributed by atoms with Crippen LogP contribution in [0.1, 0.15) is 19.3 Å². The molecule has 1 fully saturated rings. The first-order valence-electron chi connectivity index (χ1n) is 6.03. The van der Waals surface area contributed by atoms with E-state index >= 15 is 0 Å². The molecule has 1 aliphatic rings. The summed E-state index contributed by atoms with van der Waals surface area (Å²) in [7, 11) is 0. The van der Waals surface area contributed by atoms with Gasteiger partial charge in [0.25, 0.3) is 0 Å². The lowest BCUT2D eigenvalue weighted by Crippen LogP contribution is -2.22. The molecule has 0 spiro atoms. The maximum Gasteiger partial charge on any atom is 0.146 e. The van der Waals surface area contributed by atoms with Crippen LogP contribution in [0.4, 0.5) is 11.5 Å². The van der Waals surface area contributed by atoms with Crippen molar-refractivity contribution in [3.63, 3.8) is 0 Å². The number of hydrogen-bond donors (Lipinski definition) is 2. The Morgan fingerprint density at radius 1 is 1.38 bits per heavy atom. The van der Waals surface area contributed by atoms with Crippen LogP contribution >= 0.6 is 0 Å². The number of rotatable bonds is 5. The van der Waals surface area contributed by atoms with Gasteiger partial charge in [0.05, 0.1) is 5.69 Å². The maximum atomic E-state index is 5.74. The predicted molar refractivity (Wildman–Crippen MR) is 67.4 cm³/mol. The molecule has 0 aliphatic carbocycles. The van der Waals surface area contributed by atoms with Crippen LogP contribution in [0.5, 0.6) is 0 Å². The summed E-state index contributed by atoms with van der Waals surface area (Å²) >= 11 is 0. The minimum absolute atomic E-state index is 0.587. The van der Waals surface area contributed by atoms with Gasteiger partial charge < -0.3 is 16.0 Å². The smallest absolute Gasteiger partial charge is 0.146 e. The lowest BCUT2D eigenvalue weighted by molar-refractivity contribution is 0.337. The second-order valence-electron chi connectivity index (χ2n) is 4.27. The van der Waals surface area contributed by atoms with Crippen LogP contribution in [-0.2, 0) is 0 Å². The summed E-state index contributed by atoms with van der Waals surface area (Å²) in [5.41, 5.74) is 6.69. The number of likely N-dealkylation sites (tertiary alicyclic amines) is 1. The van der Waals surface area contributed by atoms with Gasteiger partial charge in [-0.3, -0.25) is 0 Å². The summed E-state index contributed by atoms with van der Waals surface area (Å²) in [5.74, 6) is 0.587. The Morgan fingerprint density at radius 3 is 2.94 bits per heavy atom. The van der Waals surface area contributed by atoms with E-state index in [0.29, 0.717) is 5.82 Å². The Labute approximate surface area is 96.8 Å². The van der Waals surface area contributed by atoms with Gasteiger partial charge in [0.1, 0.15) is 5.82 Å². The van der Waals surface area contributed by atoms with Crippen molar-refractivity contribution in [2.24, 2.45) is 0 Å². The van der Waals surface area contributed by atoms with Crippen molar-refractivity contribution in [2.75, 3.05) is 37.2 Å². The highest BCUT2D eigenvalue weighted by atomic mass is 15.1. The number of nitrogen functional groups attached to an aromatic ring is 1. The van der Waals surface area contributed by atoms with Gasteiger partial charge in [0.2, 0.25) is 0 Å². The fraction of sp³-hybridized carbons (Fsp3) is 0.583. The minimum atomic E-state index is 0.587. The second-order valence-corrected chi connectivity index (χ2v) is 4.27. The summed E-state index contributed by atoms with van der Waals surface area (Å²) < 4.78 is 0. The maximum absolute atomic E-state index is 5.74. The zero-order chi connectivity index (χ0) is 11.2. The molecule has 2 heterocycles. The van der Waals surface area contributed by atoms with Gasteiger partial charge in [-0.25, -0.2) is 4.98 Å². The highest BCUT2D eigenvalue weighted by Crippen LogP contribution is 2.13. The van der Waals surface area contributed by atoms with Gasteiger partial charge in [0.15, 0.2) is 0 Å². The van der Waals surface area contributed by atoms with Crippen LogP contribution in [0.3, 0.4) is 0 Å². The summed E-state index contributed by atoms with van der Waals surface area (Å²) in [4.78, 5) is 6.56. The van der Waals surface area contributed by atoms with Gasteiger partial charge in [-0.05, 0) is 51.0 Å². The molecule has 4 nitrogen and oxygen atoms in total. The monoisotopic (exact) mass is 220 g/mol. The third-order valence-electron chi connectivity index (χ3n) is 3.00. The molecule has 1 aromatic heterocycles. The molecule has 0 amide bonds. The number of nitrogens with one attached hydrogen (secondary N) is 1. The molecular formula is C12H20N4. The number of anilines is 2. The summed E-state index contributed by atoms with van der Waals surface area (Å²) in [6, 6.07) is 3.87. The van der Waals surface area contributed by atoms with Gasteiger partial charge in [-0.1, -0.05) is 0 Å². The lowest BCUT2D eigenvalue weighted by atomic mass is 10.3. The molecule has 0 radical (unpaired) electrons. The molecule has 3 N–H and O–H groups in total. The van der Waals surface area contributed by atoms with Crippen LogP contribution in [0.15, 0.2) is 18.3 Å². The third kappa shape index (κ3) is 3.10. The molecule has 2 rings (SSSR count). The molecule has 1 saturated heterocycles. The summed E-state index contributed by atoms with van der Waals surface area (Å²) in [6.45, 7) is 4.70. The average Bonchev–Trinajstić information content (AvgIpc) is 2.79. The van der Waals surface area contributed by atoms with Gasteiger partial charge in [-0.2, -0.15) is 0 Å². The van der Waals surface area contributed by atoms with Crippen molar-refractivity contribution < 1.29 is 0 Å². The van der Waals surface area contributed by atoms with Crippen molar-refractivity contribution in [1.82, 2.24) is 9.88 Å². The fourth-order valence-corrected chi connectivity index (χ4v) is 2.10. The SMILES string of the molecule is Nc1ncccc1NCCCN1CCCC1. The predicted octanol–water partition coefficient (Wildman–Crippen LogP) is 1.56. The first kappa shape index (κ1) is 11.2. The molecule has 16 heavy (non-hydrogen) atoms. The molecule has 1 aromatic rings. The summed E-state index contributed by atoms with van der Waals surface area (Å²) in [5, 5.41) is 3.32. The van der Waals surface area contributed by atoms with E-state index in [9.17, 15) is 0 Å². The van der Waals surface area contributed by atoms with E-state index in [2.05, 4.69) is 15.2 Å². The Hall–Kier alpha value is -1.29. The number of nitrogens with two attached hydrogens (primary N) is 1. The Bertz CT molecular complexity index is 321. The van der Waals surface area contributed by atoms with Crippen molar-refractivity contribution in [3.8, 4) is 0 Å². The number of nitrogens with zero attached hydrogens (tertiary/aromatic N) is 2. The van der Waals surface area contributed by atoms with Gasteiger partial charge >= 0.3 is 0 Å². The third-order valence-corrected chi connectivity index (χ3v) is 3.00.